The molecule has 0 spiro atoms. The maximum atomic E-state index is 12.1. The van der Waals surface area contributed by atoms with Gasteiger partial charge in [-0.3, -0.25) is 9.59 Å². The van der Waals surface area contributed by atoms with Crippen molar-refractivity contribution in [3.05, 3.63) is 35.4 Å². The van der Waals surface area contributed by atoms with Crippen molar-refractivity contribution in [2.75, 3.05) is 0 Å². The zero-order valence-corrected chi connectivity index (χ0v) is 14.6. The summed E-state index contributed by atoms with van der Waals surface area (Å²) < 4.78 is 0. The van der Waals surface area contributed by atoms with E-state index in [9.17, 15) is 9.59 Å². The fraction of sp³-hybridized carbons (Fsp3) is 0.619. The zero-order chi connectivity index (χ0) is 16.7. The van der Waals surface area contributed by atoms with Gasteiger partial charge in [-0.15, -0.1) is 0 Å². The minimum atomic E-state index is -0.0401. The van der Waals surface area contributed by atoms with E-state index in [1.807, 2.05) is 19.1 Å². The number of Topliss-reactive ketones (excluding diaryl/α,β-unsaturated/α-hetero) is 2. The maximum Gasteiger partial charge on any atom is 0.170 e. The van der Waals surface area contributed by atoms with Gasteiger partial charge in [0.25, 0.3) is 0 Å². The first-order valence-electron chi connectivity index (χ1n) is 9.28. The quantitative estimate of drug-likeness (QED) is 0.455. The van der Waals surface area contributed by atoms with Gasteiger partial charge in [0.05, 0.1) is 6.42 Å². The molecule has 126 valence electrons. The summed E-state index contributed by atoms with van der Waals surface area (Å²) in [6.07, 6.45) is 9.25. The van der Waals surface area contributed by atoms with Crippen molar-refractivity contribution in [3.63, 3.8) is 0 Å². The second-order valence-electron chi connectivity index (χ2n) is 7.02. The molecule has 0 bridgehead atoms. The molecule has 0 amide bonds. The lowest BCUT2D eigenvalue weighted by Crippen LogP contribution is -2.13. The molecule has 23 heavy (non-hydrogen) atoms. The number of rotatable bonds is 8. The Morgan fingerprint density at radius 2 is 1.61 bits per heavy atom. The molecule has 0 aliphatic heterocycles. The van der Waals surface area contributed by atoms with E-state index in [4.69, 9.17) is 0 Å². The van der Waals surface area contributed by atoms with Gasteiger partial charge in [-0.25, -0.2) is 0 Å². The predicted octanol–water partition coefficient (Wildman–Crippen LogP) is 5.70. The first kappa shape index (κ1) is 17.9. The molecule has 0 saturated heterocycles. The van der Waals surface area contributed by atoms with Crippen LogP contribution in [0.15, 0.2) is 24.3 Å². The van der Waals surface area contributed by atoms with Crippen LogP contribution in [-0.4, -0.2) is 11.6 Å². The van der Waals surface area contributed by atoms with E-state index < -0.39 is 0 Å². The standard InChI is InChI=1S/C21H30O2/c1-3-5-16-7-9-17(10-8-16)18-11-13-19(14-12-18)21(23)15-20(22)6-4-2/h11-14,16-17H,3-10,15H2,1-2H3. The minimum absolute atomic E-state index is 0.0401. The zero-order valence-electron chi connectivity index (χ0n) is 14.6. The van der Waals surface area contributed by atoms with Crippen molar-refractivity contribution in [2.24, 2.45) is 5.92 Å². The van der Waals surface area contributed by atoms with E-state index >= 15 is 0 Å². The molecule has 1 fully saturated rings. The third-order valence-corrected chi connectivity index (χ3v) is 5.13. The fourth-order valence-electron chi connectivity index (χ4n) is 3.78. The molecule has 0 N–H and O–H groups in total. The van der Waals surface area contributed by atoms with Gasteiger partial charge in [0.2, 0.25) is 0 Å². The van der Waals surface area contributed by atoms with Crippen LogP contribution in [0.2, 0.25) is 0 Å². The lowest BCUT2D eigenvalue weighted by molar-refractivity contribution is -0.118. The summed E-state index contributed by atoms with van der Waals surface area (Å²) >= 11 is 0. The van der Waals surface area contributed by atoms with Crippen molar-refractivity contribution >= 4 is 11.6 Å². The second-order valence-corrected chi connectivity index (χ2v) is 7.02. The van der Waals surface area contributed by atoms with Crippen molar-refractivity contribution < 1.29 is 9.59 Å². The Labute approximate surface area is 140 Å². The minimum Gasteiger partial charge on any atom is -0.299 e. The Kier molecular flexibility index (Phi) is 7.01. The molecule has 1 saturated carbocycles. The third kappa shape index (κ3) is 5.30. The van der Waals surface area contributed by atoms with Crippen LogP contribution >= 0.6 is 0 Å². The normalized spacial score (nSPS) is 21.1. The number of ketones is 2. The predicted molar refractivity (Wildman–Crippen MR) is 94.9 cm³/mol. The van der Waals surface area contributed by atoms with Crippen LogP contribution in [0.5, 0.6) is 0 Å². The third-order valence-electron chi connectivity index (χ3n) is 5.13. The fourth-order valence-corrected chi connectivity index (χ4v) is 3.78. The second kappa shape index (κ2) is 9.00. The molecule has 1 aliphatic rings. The van der Waals surface area contributed by atoms with E-state index in [1.165, 1.54) is 44.1 Å². The molecule has 0 aromatic heterocycles. The Balaban J connectivity index is 1.90. The number of hydrogen-bond donors (Lipinski definition) is 0. The van der Waals surface area contributed by atoms with Crippen molar-refractivity contribution in [1.29, 1.82) is 0 Å². The van der Waals surface area contributed by atoms with Crippen LogP contribution in [0.25, 0.3) is 0 Å². The van der Waals surface area contributed by atoms with Gasteiger partial charge in [0.15, 0.2) is 5.78 Å². The van der Waals surface area contributed by atoms with E-state index in [-0.39, 0.29) is 18.0 Å². The topological polar surface area (TPSA) is 34.1 Å². The highest BCUT2D eigenvalue weighted by molar-refractivity contribution is 6.07. The average molecular weight is 314 g/mol. The van der Waals surface area contributed by atoms with Crippen LogP contribution in [0.1, 0.15) is 93.5 Å². The molecular formula is C21H30O2. The monoisotopic (exact) mass is 314 g/mol. The maximum absolute atomic E-state index is 12.1. The highest BCUT2D eigenvalue weighted by Gasteiger charge is 2.22. The summed E-state index contributed by atoms with van der Waals surface area (Å²) in [6.45, 7) is 4.24. The molecule has 2 rings (SSSR count). The Hall–Kier alpha value is -1.44. The first-order valence-corrected chi connectivity index (χ1v) is 9.28. The van der Waals surface area contributed by atoms with Crippen molar-refractivity contribution in [3.8, 4) is 0 Å². The number of benzene rings is 1. The van der Waals surface area contributed by atoms with Crippen LogP contribution in [0.4, 0.5) is 0 Å². The van der Waals surface area contributed by atoms with E-state index in [1.54, 1.807) is 0 Å². The molecule has 1 aromatic carbocycles. The van der Waals surface area contributed by atoms with Crippen LogP contribution in [-0.2, 0) is 4.79 Å². The van der Waals surface area contributed by atoms with E-state index in [0.29, 0.717) is 17.9 Å². The molecule has 0 unspecified atom stereocenters. The summed E-state index contributed by atoms with van der Waals surface area (Å²) in [5.41, 5.74) is 2.04. The van der Waals surface area contributed by atoms with Gasteiger partial charge in [-0.05, 0) is 49.5 Å². The molecular weight excluding hydrogens is 284 g/mol. The van der Waals surface area contributed by atoms with Gasteiger partial charge in [0.1, 0.15) is 5.78 Å². The van der Waals surface area contributed by atoms with Crippen molar-refractivity contribution in [1.82, 2.24) is 0 Å². The summed E-state index contributed by atoms with van der Waals surface area (Å²) in [5.74, 6) is 1.58. The Bertz CT molecular complexity index is 507. The summed E-state index contributed by atoms with van der Waals surface area (Å²) in [6, 6.07) is 8.02. The summed E-state index contributed by atoms with van der Waals surface area (Å²) in [5, 5.41) is 0. The van der Waals surface area contributed by atoms with Gasteiger partial charge in [-0.1, -0.05) is 51.0 Å². The molecule has 2 nitrogen and oxygen atoms in total. The van der Waals surface area contributed by atoms with Gasteiger partial charge in [0, 0.05) is 12.0 Å². The average Bonchev–Trinajstić information content (AvgIpc) is 2.56. The smallest absolute Gasteiger partial charge is 0.170 e. The van der Waals surface area contributed by atoms with Crippen molar-refractivity contribution in [2.45, 2.75) is 77.6 Å². The van der Waals surface area contributed by atoms with Crippen LogP contribution < -0.4 is 0 Å². The lowest BCUT2D eigenvalue weighted by Gasteiger charge is -2.28. The highest BCUT2D eigenvalue weighted by Crippen LogP contribution is 2.37. The first-order chi connectivity index (χ1) is 11.1. The Morgan fingerprint density at radius 3 is 2.17 bits per heavy atom. The molecule has 1 aromatic rings. The Morgan fingerprint density at radius 1 is 0.957 bits per heavy atom. The number of hydrogen-bond acceptors (Lipinski definition) is 2. The van der Waals surface area contributed by atoms with Crippen LogP contribution in [0.3, 0.4) is 0 Å². The molecule has 0 heterocycles. The van der Waals surface area contributed by atoms with E-state index in [0.717, 1.165) is 12.3 Å². The largest absolute Gasteiger partial charge is 0.299 e. The summed E-state index contributed by atoms with van der Waals surface area (Å²) in [7, 11) is 0. The van der Waals surface area contributed by atoms with Gasteiger partial charge >= 0.3 is 0 Å². The SMILES string of the molecule is CCCC(=O)CC(=O)c1ccc(C2CCC(CCC)CC2)cc1. The molecule has 0 atom stereocenters. The van der Waals surface area contributed by atoms with Gasteiger partial charge < -0.3 is 0 Å². The molecule has 1 aliphatic carbocycles. The molecule has 0 radical (unpaired) electrons. The van der Waals surface area contributed by atoms with E-state index in [2.05, 4.69) is 19.1 Å². The molecule has 2 heteroatoms. The van der Waals surface area contributed by atoms with Gasteiger partial charge in [-0.2, -0.15) is 0 Å². The number of carbonyl (C=O) groups is 2. The lowest BCUT2D eigenvalue weighted by atomic mass is 9.77. The van der Waals surface area contributed by atoms with Crippen LogP contribution in [0, 0.1) is 5.92 Å². The number of carbonyl (C=O) groups excluding carboxylic acids is 2. The highest BCUT2D eigenvalue weighted by atomic mass is 16.1. The summed E-state index contributed by atoms with van der Waals surface area (Å²) in [4.78, 5) is 23.7.